The van der Waals surface area contributed by atoms with Crippen LogP contribution >= 0.6 is 11.3 Å². The molecule has 3 aromatic rings. The van der Waals surface area contributed by atoms with E-state index in [1.807, 2.05) is 17.2 Å². The summed E-state index contributed by atoms with van der Waals surface area (Å²) in [7, 11) is 0. The van der Waals surface area contributed by atoms with Crippen molar-refractivity contribution in [2.45, 2.75) is 39.0 Å². The first-order chi connectivity index (χ1) is 12.1. The molecule has 0 aliphatic carbocycles. The highest BCUT2D eigenvalue weighted by Gasteiger charge is 2.26. The number of nitrogens with one attached hydrogen (secondary N) is 1. The summed E-state index contributed by atoms with van der Waals surface area (Å²) in [4.78, 5) is 27.1. The molecule has 1 aliphatic heterocycles. The number of nitrogens with zero attached hydrogens (tertiary/aromatic N) is 3. The Labute approximate surface area is 151 Å². The van der Waals surface area contributed by atoms with Gasteiger partial charge in [0.2, 0.25) is 5.91 Å². The number of fused-ring (bicyclic) bond motifs is 1. The molecular formula is C19H22N4OS. The first-order valence-corrected chi connectivity index (χ1v) is 9.62. The number of thiazole rings is 1. The van der Waals surface area contributed by atoms with Gasteiger partial charge in [-0.1, -0.05) is 12.1 Å². The number of benzene rings is 1. The second kappa shape index (κ2) is 6.59. The van der Waals surface area contributed by atoms with E-state index in [4.69, 9.17) is 4.98 Å². The van der Waals surface area contributed by atoms with E-state index in [0.717, 1.165) is 53.5 Å². The van der Waals surface area contributed by atoms with Crippen LogP contribution in [0.1, 0.15) is 40.8 Å². The Morgan fingerprint density at radius 1 is 1.28 bits per heavy atom. The molecule has 6 heteroatoms. The average molecular weight is 354 g/mol. The molecule has 0 radical (unpaired) electrons. The lowest BCUT2D eigenvalue weighted by molar-refractivity contribution is -0.131. The zero-order chi connectivity index (χ0) is 17.4. The number of imidazole rings is 1. The van der Waals surface area contributed by atoms with E-state index in [1.165, 1.54) is 5.56 Å². The van der Waals surface area contributed by atoms with E-state index in [1.54, 1.807) is 11.3 Å². The lowest BCUT2D eigenvalue weighted by atomic mass is 9.96. The van der Waals surface area contributed by atoms with Crippen LogP contribution in [0, 0.1) is 13.8 Å². The van der Waals surface area contributed by atoms with Gasteiger partial charge >= 0.3 is 0 Å². The Balaban J connectivity index is 1.40. The molecule has 0 unspecified atom stereocenters. The summed E-state index contributed by atoms with van der Waals surface area (Å²) < 4.78 is 0. The average Bonchev–Trinajstić information content (AvgIpc) is 3.22. The number of likely N-dealkylation sites (tertiary alicyclic amines) is 1. The number of carbonyl (C=O) groups is 1. The number of H-pyrrole nitrogens is 1. The smallest absolute Gasteiger partial charge is 0.228 e. The Kier molecular flexibility index (Phi) is 4.29. The van der Waals surface area contributed by atoms with Gasteiger partial charge in [-0.05, 0) is 38.3 Å². The number of rotatable bonds is 3. The Bertz CT molecular complexity index is 905. The zero-order valence-electron chi connectivity index (χ0n) is 14.6. The molecule has 1 aromatic carbocycles. The Morgan fingerprint density at radius 2 is 2.08 bits per heavy atom. The molecule has 0 saturated carbocycles. The normalized spacial score (nSPS) is 15.8. The molecule has 130 valence electrons. The lowest BCUT2D eigenvalue weighted by Gasteiger charge is -2.31. The molecule has 0 bridgehead atoms. The number of aryl methyl sites for hydroxylation is 2. The summed E-state index contributed by atoms with van der Waals surface area (Å²) in [6, 6.07) is 6.23. The second-order valence-electron chi connectivity index (χ2n) is 6.78. The van der Waals surface area contributed by atoms with Gasteiger partial charge in [0, 0.05) is 24.4 Å². The van der Waals surface area contributed by atoms with E-state index in [2.05, 4.69) is 35.1 Å². The lowest BCUT2D eigenvalue weighted by Crippen LogP contribution is -2.39. The van der Waals surface area contributed by atoms with Crippen LogP contribution in [0.4, 0.5) is 0 Å². The SMILES string of the molecule is Cc1nc(CC(=O)N2CCC(c3nc4c(C)cccc4[nH]3)CC2)cs1. The number of aromatic nitrogens is 3. The first-order valence-electron chi connectivity index (χ1n) is 8.74. The molecule has 25 heavy (non-hydrogen) atoms. The molecule has 5 nitrogen and oxygen atoms in total. The van der Waals surface area contributed by atoms with E-state index in [-0.39, 0.29) is 5.91 Å². The maximum absolute atomic E-state index is 12.5. The summed E-state index contributed by atoms with van der Waals surface area (Å²) in [6.45, 7) is 5.65. The molecule has 1 N–H and O–H groups in total. The van der Waals surface area contributed by atoms with Gasteiger partial charge in [-0.2, -0.15) is 0 Å². The third-order valence-corrected chi connectivity index (χ3v) is 5.79. The van der Waals surface area contributed by atoms with Gasteiger partial charge in [-0.3, -0.25) is 4.79 Å². The molecule has 1 aliphatic rings. The Hall–Kier alpha value is -2.21. The maximum atomic E-state index is 12.5. The molecular weight excluding hydrogens is 332 g/mol. The summed E-state index contributed by atoms with van der Waals surface area (Å²) >= 11 is 1.60. The van der Waals surface area contributed by atoms with Crippen molar-refractivity contribution in [2.24, 2.45) is 0 Å². The van der Waals surface area contributed by atoms with E-state index < -0.39 is 0 Å². The van der Waals surface area contributed by atoms with Crippen LogP contribution in [-0.2, 0) is 11.2 Å². The summed E-state index contributed by atoms with van der Waals surface area (Å²) in [6.07, 6.45) is 2.33. The molecule has 2 aromatic heterocycles. The zero-order valence-corrected chi connectivity index (χ0v) is 15.4. The van der Waals surface area contributed by atoms with Crippen LogP contribution in [0.5, 0.6) is 0 Å². The number of aromatic amines is 1. The van der Waals surface area contributed by atoms with E-state index in [0.29, 0.717) is 12.3 Å². The van der Waals surface area contributed by atoms with Crippen molar-refractivity contribution in [1.82, 2.24) is 19.9 Å². The number of carbonyl (C=O) groups excluding carboxylic acids is 1. The monoisotopic (exact) mass is 354 g/mol. The van der Waals surface area contributed by atoms with Crippen LogP contribution in [0.2, 0.25) is 0 Å². The fraction of sp³-hybridized carbons (Fsp3) is 0.421. The van der Waals surface area contributed by atoms with Crippen LogP contribution in [0.3, 0.4) is 0 Å². The standard InChI is InChI=1S/C19H22N4OS/c1-12-4-3-5-16-18(12)22-19(21-16)14-6-8-23(9-7-14)17(24)10-15-11-25-13(2)20-15/h3-5,11,14H,6-10H2,1-2H3,(H,21,22). The number of piperidine rings is 1. The first kappa shape index (κ1) is 16.3. The van der Waals surface area contributed by atoms with Crippen LogP contribution < -0.4 is 0 Å². The third-order valence-electron chi connectivity index (χ3n) is 4.97. The highest BCUT2D eigenvalue weighted by atomic mass is 32.1. The van der Waals surface area contributed by atoms with Crippen molar-refractivity contribution in [3.8, 4) is 0 Å². The third kappa shape index (κ3) is 3.31. The van der Waals surface area contributed by atoms with Gasteiger partial charge in [-0.25, -0.2) is 9.97 Å². The summed E-state index contributed by atoms with van der Waals surface area (Å²) in [5.74, 6) is 1.65. The van der Waals surface area contributed by atoms with Gasteiger partial charge in [0.25, 0.3) is 0 Å². The summed E-state index contributed by atoms with van der Waals surface area (Å²) in [5.41, 5.74) is 4.26. The van der Waals surface area contributed by atoms with Crippen molar-refractivity contribution in [2.75, 3.05) is 13.1 Å². The minimum atomic E-state index is 0.184. The van der Waals surface area contributed by atoms with Gasteiger partial charge in [0.1, 0.15) is 5.82 Å². The van der Waals surface area contributed by atoms with E-state index >= 15 is 0 Å². The number of hydrogen-bond acceptors (Lipinski definition) is 4. The predicted octanol–water partition coefficient (Wildman–Crippen LogP) is 3.58. The Morgan fingerprint density at radius 3 is 2.76 bits per heavy atom. The van der Waals surface area contributed by atoms with Crippen molar-refractivity contribution in [1.29, 1.82) is 0 Å². The predicted molar refractivity (Wildman–Crippen MR) is 99.9 cm³/mol. The highest BCUT2D eigenvalue weighted by Crippen LogP contribution is 2.28. The van der Waals surface area contributed by atoms with Crippen LogP contribution in [-0.4, -0.2) is 38.8 Å². The number of para-hydroxylation sites is 1. The topological polar surface area (TPSA) is 61.9 Å². The minimum absolute atomic E-state index is 0.184. The van der Waals surface area contributed by atoms with Gasteiger partial charge < -0.3 is 9.88 Å². The molecule has 4 rings (SSSR count). The fourth-order valence-corrected chi connectivity index (χ4v) is 4.16. The number of hydrogen-bond donors (Lipinski definition) is 1. The fourth-order valence-electron chi connectivity index (χ4n) is 3.55. The second-order valence-corrected chi connectivity index (χ2v) is 7.85. The van der Waals surface area contributed by atoms with Gasteiger partial charge in [0.15, 0.2) is 0 Å². The largest absolute Gasteiger partial charge is 0.342 e. The number of amides is 1. The molecule has 3 heterocycles. The molecule has 0 atom stereocenters. The quantitative estimate of drug-likeness (QED) is 0.782. The minimum Gasteiger partial charge on any atom is -0.342 e. The van der Waals surface area contributed by atoms with Crippen molar-refractivity contribution in [3.05, 3.63) is 45.7 Å². The van der Waals surface area contributed by atoms with Crippen LogP contribution in [0.25, 0.3) is 11.0 Å². The van der Waals surface area contributed by atoms with Crippen molar-refractivity contribution in [3.63, 3.8) is 0 Å². The molecule has 0 spiro atoms. The molecule has 1 saturated heterocycles. The van der Waals surface area contributed by atoms with E-state index in [9.17, 15) is 4.79 Å². The summed E-state index contributed by atoms with van der Waals surface area (Å²) in [5, 5.41) is 3.00. The van der Waals surface area contributed by atoms with Crippen molar-refractivity contribution >= 4 is 28.3 Å². The van der Waals surface area contributed by atoms with Crippen LogP contribution in [0.15, 0.2) is 23.6 Å². The van der Waals surface area contributed by atoms with Gasteiger partial charge in [0.05, 0.1) is 28.2 Å². The molecule has 1 amide bonds. The maximum Gasteiger partial charge on any atom is 0.228 e. The molecule has 1 fully saturated rings. The van der Waals surface area contributed by atoms with Crippen molar-refractivity contribution < 1.29 is 4.79 Å². The van der Waals surface area contributed by atoms with Gasteiger partial charge in [-0.15, -0.1) is 11.3 Å². The highest BCUT2D eigenvalue weighted by molar-refractivity contribution is 7.09.